The molecule has 0 saturated carbocycles. The van der Waals surface area contributed by atoms with Crippen LogP contribution in [-0.4, -0.2) is 52.4 Å². The van der Waals surface area contributed by atoms with Crippen molar-refractivity contribution < 1.29 is 19.6 Å². The fourth-order valence-electron chi connectivity index (χ4n) is 3.26. The van der Waals surface area contributed by atoms with Gasteiger partial charge in [-0.15, -0.1) is 11.3 Å². The highest BCUT2D eigenvalue weighted by Gasteiger charge is 2.32. The molecule has 0 bridgehead atoms. The summed E-state index contributed by atoms with van der Waals surface area (Å²) in [5.41, 5.74) is 1.59. The van der Waals surface area contributed by atoms with Crippen LogP contribution in [0.1, 0.15) is 25.6 Å². The van der Waals surface area contributed by atoms with Crippen LogP contribution in [0.25, 0.3) is 10.8 Å². The van der Waals surface area contributed by atoms with Gasteiger partial charge in [0.15, 0.2) is 0 Å². The monoisotopic (exact) mass is 410 g/mol. The molecule has 2 aromatic carbocycles. The first kappa shape index (κ1) is 18.9. The van der Waals surface area contributed by atoms with Crippen LogP contribution in [0.2, 0.25) is 0 Å². The summed E-state index contributed by atoms with van der Waals surface area (Å²) in [6.07, 6.45) is 1.63. The molecule has 1 aliphatic heterocycles. The molecule has 0 radical (unpaired) electrons. The van der Waals surface area contributed by atoms with Crippen molar-refractivity contribution in [1.82, 2.24) is 4.90 Å². The molecule has 0 fully saturated rings. The second kappa shape index (κ2) is 7.52. The summed E-state index contributed by atoms with van der Waals surface area (Å²) < 4.78 is 0.429. The van der Waals surface area contributed by atoms with Crippen LogP contribution in [0.4, 0.5) is 5.69 Å². The van der Waals surface area contributed by atoms with Gasteiger partial charge >= 0.3 is 7.12 Å². The number of hydrogen-bond donors (Lipinski definition) is 3. The first-order valence-electron chi connectivity index (χ1n) is 8.54. The van der Waals surface area contributed by atoms with Gasteiger partial charge in [-0.25, -0.2) is 0 Å². The normalized spacial score (nSPS) is 13.8. The Labute approximate surface area is 170 Å². The zero-order chi connectivity index (χ0) is 19.8. The molecule has 2 heterocycles. The van der Waals surface area contributed by atoms with E-state index in [4.69, 9.17) is 0 Å². The van der Waals surface area contributed by atoms with Crippen molar-refractivity contribution in [2.75, 3.05) is 12.3 Å². The molecule has 28 heavy (non-hydrogen) atoms. The minimum Gasteiger partial charge on any atom is -0.423 e. The van der Waals surface area contributed by atoms with Gasteiger partial charge < -0.3 is 10.0 Å². The minimum atomic E-state index is -1.51. The molecule has 2 amide bonds. The number of carbonyl (C=O) groups is 2. The molecule has 2 N–H and O–H groups in total. The Balaban J connectivity index is 1.79. The SMILES string of the molecule is O=C1c2cccc3c(N=Cc4ccc(B(O)O)s4)ccc(c23)C(=O)N1CCS. The zero-order valence-electron chi connectivity index (χ0n) is 14.6. The van der Waals surface area contributed by atoms with Gasteiger partial charge in [0.1, 0.15) is 0 Å². The highest BCUT2D eigenvalue weighted by molar-refractivity contribution is 7.80. The highest BCUT2D eigenvalue weighted by Crippen LogP contribution is 2.35. The second-order valence-electron chi connectivity index (χ2n) is 6.22. The van der Waals surface area contributed by atoms with E-state index in [0.717, 1.165) is 10.3 Å². The van der Waals surface area contributed by atoms with E-state index in [2.05, 4.69) is 17.6 Å². The van der Waals surface area contributed by atoms with Crippen LogP contribution in [0.5, 0.6) is 0 Å². The van der Waals surface area contributed by atoms with E-state index in [9.17, 15) is 19.6 Å². The highest BCUT2D eigenvalue weighted by atomic mass is 32.1. The number of hydrogen-bond acceptors (Lipinski definition) is 7. The summed E-state index contributed by atoms with van der Waals surface area (Å²) in [5.74, 6) is -0.243. The predicted octanol–water partition coefficient (Wildman–Crippen LogP) is 1.86. The standard InChI is InChI=1S/C19H15BN2O4S2/c23-18-13-3-1-2-12-15(21-10-11-4-7-16(28-11)20(25)26)6-5-14(17(12)13)19(24)22(18)8-9-27/h1-7,10,25-27H,8-9H2. The van der Waals surface area contributed by atoms with E-state index in [-0.39, 0.29) is 18.4 Å². The Morgan fingerprint density at radius 1 is 1.07 bits per heavy atom. The maximum Gasteiger partial charge on any atom is 0.499 e. The van der Waals surface area contributed by atoms with Gasteiger partial charge in [0.05, 0.1) is 5.69 Å². The van der Waals surface area contributed by atoms with E-state index in [1.54, 1.807) is 42.6 Å². The second-order valence-corrected chi connectivity index (χ2v) is 7.81. The number of thiol groups is 1. The molecular formula is C19H15BN2O4S2. The average molecular weight is 410 g/mol. The maximum atomic E-state index is 12.7. The largest absolute Gasteiger partial charge is 0.499 e. The van der Waals surface area contributed by atoms with Gasteiger partial charge in [0, 0.05) is 50.1 Å². The maximum absolute atomic E-state index is 12.7. The van der Waals surface area contributed by atoms with E-state index < -0.39 is 7.12 Å². The van der Waals surface area contributed by atoms with Gasteiger partial charge in [-0.1, -0.05) is 18.2 Å². The molecule has 3 aromatic rings. The van der Waals surface area contributed by atoms with Crippen molar-refractivity contribution in [3.05, 3.63) is 58.5 Å². The topological polar surface area (TPSA) is 90.2 Å². The fourth-order valence-corrected chi connectivity index (χ4v) is 4.21. The molecule has 9 heteroatoms. The molecule has 1 aromatic heterocycles. The number of aliphatic imine (C=N–C) groups is 1. The Kier molecular flexibility index (Phi) is 5.07. The fraction of sp³-hybridized carbons (Fsp3) is 0.105. The summed E-state index contributed by atoms with van der Waals surface area (Å²) in [6, 6.07) is 12.1. The van der Waals surface area contributed by atoms with Gasteiger partial charge in [-0.2, -0.15) is 12.6 Å². The van der Waals surface area contributed by atoms with Gasteiger partial charge in [0.25, 0.3) is 11.8 Å². The molecule has 140 valence electrons. The van der Waals surface area contributed by atoms with Crippen molar-refractivity contribution >= 4 is 70.3 Å². The molecule has 0 saturated heterocycles. The number of thiophene rings is 1. The van der Waals surface area contributed by atoms with Crippen LogP contribution in [0.15, 0.2) is 47.5 Å². The number of carbonyl (C=O) groups excluding carboxylic acids is 2. The Bertz CT molecular complexity index is 1100. The summed E-state index contributed by atoms with van der Waals surface area (Å²) >= 11 is 5.36. The average Bonchev–Trinajstić information content (AvgIpc) is 3.17. The Hall–Kier alpha value is -2.46. The quantitative estimate of drug-likeness (QED) is 0.259. The number of nitrogens with zero attached hydrogens (tertiary/aromatic N) is 2. The van der Waals surface area contributed by atoms with Crippen LogP contribution < -0.4 is 4.78 Å². The lowest BCUT2D eigenvalue weighted by atomic mass is 9.90. The molecule has 0 aliphatic carbocycles. The smallest absolute Gasteiger partial charge is 0.423 e. The summed E-state index contributed by atoms with van der Waals surface area (Å²) in [7, 11) is -1.51. The van der Waals surface area contributed by atoms with E-state index in [1.807, 2.05) is 6.07 Å². The van der Waals surface area contributed by atoms with Crippen molar-refractivity contribution in [1.29, 1.82) is 0 Å². The minimum absolute atomic E-state index is 0.258. The number of imide groups is 1. The first-order chi connectivity index (χ1) is 13.5. The van der Waals surface area contributed by atoms with Crippen LogP contribution in [0.3, 0.4) is 0 Å². The van der Waals surface area contributed by atoms with E-state index in [0.29, 0.717) is 32.7 Å². The van der Waals surface area contributed by atoms with Crippen molar-refractivity contribution in [2.45, 2.75) is 0 Å². The molecule has 1 aliphatic rings. The van der Waals surface area contributed by atoms with Crippen LogP contribution >= 0.6 is 24.0 Å². The molecule has 0 spiro atoms. The van der Waals surface area contributed by atoms with E-state index >= 15 is 0 Å². The number of amides is 2. The molecule has 0 unspecified atom stereocenters. The number of rotatable bonds is 5. The predicted molar refractivity (Wildman–Crippen MR) is 115 cm³/mol. The van der Waals surface area contributed by atoms with Gasteiger partial charge in [-0.3, -0.25) is 19.5 Å². The summed E-state index contributed by atoms with van der Waals surface area (Å²) in [6.45, 7) is 0.258. The third-order valence-corrected chi connectivity index (χ3v) is 5.79. The Morgan fingerprint density at radius 3 is 2.50 bits per heavy atom. The van der Waals surface area contributed by atoms with Gasteiger partial charge in [-0.05, 0) is 24.3 Å². The van der Waals surface area contributed by atoms with Crippen molar-refractivity contribution in [3.8, 4) is 0 Å². The van der Waals surface area contributed by atoms with E-state index in [1.165, 1.54) is 16.2 Å². The molecule has 4 rings (SSSR count). The molecular weight excluding hydrogens is 395 g/mol. The summed E-state index contributed by atoms with van der Waals surface area (Å²) in [5, 5.41) is 19.8. The molecule has 0 atom stereocenters. The van der Waals surface area contributed by atoms with Crippen molar-refractivity contribution in [3.63, 3.8) is 0 Å². The summed E-state index contributed by atoms with van der Waals surface area (Å²) in [4.78, 5) is 32.0. The van der Waals surface area contributed by atoms with Crippen molar-refractivity contribution in [2.24, 2.45) is 4.99 Å². The van der Waals surface area contributed by atoms with Gasteiger partial charge in [0.2, 0.25) is 0 Å². The zero-order valence-corrected chi connectivity index (χ0v) is 16.3. The van der Waals surface area contributed by atoms with Crippen LogP contribution in [-0.2, 0) is 0 Å². The lowest BCUT2D eigenvalue weighted by Crippen LogP contribution is -2.41. The third-order valence-electron chi connectivity index (χ3n) is 4.53. The Morgan fingerprint density at radius 2 is 1.82 bits per heavy atom. The molecule has 6 nitrogen and oxygen atoms in total. The third kappa shape index (κ3) is 3.16. The lowest BCUT2D eigenvalue weighted by molar-refractivity contribution is 0.0621. The first-order valence-corrected chi connectivity index (χ1v) is 9.99. The lowest BCUT2D eigenvalue weighted by Gasteiger charge is -2.27. The van der Waals surface area contributed by atoms with Crippen LogP contribution in [0, 0.1) is 0 Å². The number of benzene rings is 2.